The smallest absolute Gasteiger partial charge is 0.165 e. The van der Waals surface area contributed by atoms with Gasteiger partial charge in [-0.3, -0.25) is 4.68 Å². The van der Waals surface area contributed by atoms with E-state index < -0.39 is 5.82 Å². The molecule has 0 saturated carbocycles. The Labute approximate surface area is 128 Å². The minimum Gasteiger partial charge on any atom is -0.494 e. The van der Waals surface area contributed by atoms with Crippen molar-refractivity contribution in [3.8, 4) is 5.75 Å². The number of rotatable bonds is 5. The van der Waals surface area contributed by atoms with Gasteiger partial charge >= 0.3 is 0 Å². The molecule has 2 rings (SSSR count). The van der Waals surface area contributed by atoms with Gasteiger partial charge in [0.2, 0.25) is 0 Å². The molecule has 21 heavy (non-hydrogen) atoms. The molecular formula is C15H19ClFN3O. The summed E-state index contributed by atoms with van der Waals surface area (Å²) in [6, 6.07) is 4.33. The standard InChI is InChI=1S/C15H19ClFN3O/c1-4-12-15(16)13(20(2)19-12)8-11(18)9-5-6-10(17)14(7-9)21-3/h5-7,11H,4,8,18H2,1-3H3. The van der Waals surface area contributed by atoms with Crippen molar-refractivity contribution in [2.45, 2.75) is 25.8 Å². The molecule has 114 valence electrons. The summed E-state index contributed by atoms with van der Waals surface area (Å²) >= 11 is 6.32. The summed E-state index contributed by atoms with van der Waals surface area (Å²) in [5, 5.41) is 5.02. The van der Waals surface area contributed by atoms with Gasteiger partial charge in [-0.2, -0.15) is 5.10 Å². The van der Waals surface area contributed by atoms with Crippen molar-refractivity contribution in [1.82, 2.24) is 9.78 Å². The molecule has 0 bridgehead atoms. The average Bonchev–Trinajstić information content (AvgIpc) is 2.75. The number of nitrogens with zero attached hydrogens (tertiary/aromatic N) is 2. The second kappa shape index (κ2) is 6.45. The number of benzene rings is 1. The highest BCUT2D eigenvalue weighted by molar-refractivity contribution is 6.31. The highest BCUT2D eigenvalue weighted by Crippen LogP contribution is 2.27. The molecular weight excluding hydrogens is 293 g/mol. The van der Waals surface area contributed by atoms with E-state index >= 15 is 0 Å². The number of halogens is 2. The molecule has 0 amide bonds. The van der Waals surface area contributed by atoms with E-state index in [1.165, 1.54) is 13.2 Å². The zero-order chi connectivity index (χ0) is 15.6. The summed E-state index contributed by atoms with van der Waals surface area (Å²) in [6.45, 7) is 2.00. The molecule has 1 aromatic heterocycles. The Balaban J connectivity index is 2.26. The molecule has 2 N–H and O–H groups in total. The normalized spacial score (nSPS) is 12.5. The Kier molecular flexibility index (Phi) is 4.85. The van der Waals surface area contributed by atoms with E-state index in [4.69, 9.17) is 22.1 Å². The summed E-state index contributed by atoms with van der Waals surface area (Å²) in [5.74, 6) is -0.214. The third kappa shape index (κ3) is 3.19. The van der Waals surface area contributed by atoms with Crippen LogP contribution in [0.25, 0.3) is 0 Å². The lowest BCUT2D eigenvalue weighted by molar-refractivity contribution is 0.385. The van der Waals surface area contributed by atoms with Crippen molar-refractivity contribution in [1.29, 1.82) is 0 Å². The van der Waals surface area contributed by atoms with Gasteiger partial charge < -0.3 is 10.5 Å². The first kappa shape index (κ1) is 15.8. The molecule has 0 spiro atoms. The van der Waals surface area contributed by atoms with Crippen LogP contribution in [0.3, 0.4) is 0 Å². The lowest BCUT2D eigenvalue weighted by atomic mass is 10.0. The highest BCUT2D eigenvalue weighted by Gasteiger charge is 2.18. The SMILES string of the molecule is CCc1nn(C)c(CC(N)c2ccc(F)c(OC)c2)c1Cl. The molecule has 0 aliphatic rings. The van der Waals surface area contributed by atoms with Crippen LogP contribution in [0, 0.1) is 5.82 Å². The fraction of sp³-hybridized carbons (Fsp3) is 0.400. The van der Waals surface area contributed by atoms with Crippen LogP contribution in [-0.2, 0) is 19.9 Å². The maximum absolute atomic E-state index is 13.4. The van der Waals surface area contributed by atoms with Crippen molar-refractivity contribution >= 4 is 11.6 Å². The van der Waals surface area contributed by atoms with E-state index in [2.05, 4.69) is 5.10 Å². The molecule has 1 atom stereocenters. The molecule has 1 aromatic carbocycles. The fourth-order valence-electron chi connectivity index (χ4n) is 2.27. The topological polar surface area (TPSA) is 53.1 Å². The molecule has 0 aliphatic carbocycles. The van der Waals surface area contributed by atoms with Crippen LogP contribution in [0.5, 0.6) is 5.75 Å². The third-order valence-electron chi connectivity index (χ3n) is 3.52. The monoisotopic (exact) mass is 311 g/mol. The Bertz CT molecular complexity index is 642. The molecule has 0 saturated heterocycles. The number of ether oxygens (including phenoxy) is 1. The second-order valence-electron chi connectivity index (χ2n) is 4.89. The van der Waals surface area contributed by atoms with Crippen molar-refractivity contribution in [3.63, 3.8) is 0 Å². The number of nitrogens with two attached hydrogens (primary N) is 1. The number of aryl methyl sites for hydroxylation is 2. The van der Waals surface area contributed by atoms with Crippen molar-refractivity contribution in [2.24, 2.45) is 12.8 Å². The number of methoxy groups -OCH3 is 1. The molecule has 1 unspecified atom stereocenters. The fourth-order valence-corrected chi connectivity index (χ4v) is 2.65. The van der Waals surface area contributed by atoms with Gasteiger partial charge in [0.05, 0.1) is 23.5 Å². The first-order chi connectivity index (χ1) is 9.97. The summed E-state index contributed by atoms with van der Waals surface area (Å²) in [4.78, 5) is 0. The van der Waals surface area contributed by atoms with Gasteiger partial charge in [0.1, 0.15) is 0 Å². The average molecular weight is 312 g/mol. The Morgan fingerprint density at radius 3 is 2.76 bits per heavy atom. The molecule has 6 heteroatoms. The third-order valence-corrected chi connectivity index (χ3v) is 3.96. The van der Waals surface area contributed by atoms with Crippen LogP contribution in [0.4, 0.5) is 4.39 Å². The van der Waals surface area contributed by atoms with E-state index in [1.54, 1.807) is 16.8 Å². The minimum atomic E-state index is -0.403. The minimum absolute atomic E-state index is 0.188. The van der Waals surface area contributed by atoms with Crippen LogP contribution in [-0.4, -0.2) is 16.9 Å². The van der Waals surface area contributed by atoms with Crippen molar-refractivity contribution < 1.29 is 9.13 Å². The number of hydrogen-bond acceptors (Lipinski definition) is 3. The second-order valence-corrected chi connectivity index (χ2v) is 5.27. The lowest BCUT2D eigenvalue weighted by Crippen LogP contribution is -2.16. The molecule has 0 fully saturated rings. The predicted octanol–water partition coefficient (Wildman–Crippen LogP) is 3.03. The van der Waals surface area contributed by atoms with Gasteiger partial charge in [-0.15, -0.1) is 0 Å². The Hall–Kier alpha value is -1.59. The first-order valence-electron chi connectivity index (χ1n) is 6.77. The summed E-state index contributed by atoms with van der Waals surface area (Å²) in [6.07, 6.45) is 1.30. The van der Waals surface area contributed by atoms with Crippen molar-refractivity contribution in [2.75, 3.05) is 7.11 Å². The van der Waals surface area contributed by atoms with E-state index in [0.29, 0.717) is 11.4 Å². The Morgan fingerprint density at radius 1 is 1.48 bits per heavy atom. The van der Waals surface area contributed by atoms with Gasteiger partial charge in [0.25, 0.3) is 0 Å². The molecule has 0 aliphatic heterocycles. The predicted molar refractivity (Wildman–Crippen MR) is 81.2 cm³/mol. The summed E-state index contributed by atoms with van der Waals surface area (Å²) in [5.41, 5.74) is 8.74. The number of hydrogen-bond donors (Lipinski definition) is 1. The summed E-state index contributed by atoms with van der Waals surface area (Å²) in [7, 11) is 3.28. The van der Waals surface area contributed by atoms with Gasteiger partial charge in [0.15, 0.2) is 11.6 Å². The van der Waals surface area contributed by atoms with E-state index in [-0.39, 0.29) is 11.8 Å². The quantitative estimate of drug-likeness (QED) is 0.923. The first-order valence-corrected chi connectivity index (χ1v) is 7.15. The van der Waals surface area contributed by atoms with Crippen molar-refractivity contribution in [3.05, 3.63) is 46.0 Å². The molecule has 4 nitrogen and oxygen atoms in total. The molecule has 0 radical (unpaired) electrons. The largest absolute Gasteiger partial charge is 0.494 e. The van der Waals surface area contributed by atoms with Crippen LogP contribution < -0.4 is 10.5 Å². The van der Waals surface area contributed by atoms with E-state index in [9.17, 15) is 4.39 Å². The van der Waals surface area contributed by atoms with Gasteiger partial charge in [0, 0.05) is 19.5 Å². The van der Waals surface area contributed by atoms with Crippen LogP contribution >= 0.6 is 11.6 Å². The molecule has 2 aromatic rings. The Morgan fingerprint density at radius 2 is 2.19 bits per heavy atom. The highest BCUT2D eigenvalue weighted by atomic mass is 35.5. The van der Waals surface area contributed by atoms with Crippen LogP contribution in [0.15, 0.2) is 18.2 Å². The van der Waals surface area contributed by atoms with Gasteiger partial charge in [-0.1, -0.05) is 24.6 Å². The van der Waals surface area contributed by atoms with Crippen LogP contribution in [0.1, 0.15) is 29.9 Å². The number of aromatic nitrogens is 2. The maximum Gasteiger partial charge on any atom is 0.165 e. The van der Waals surface area contributed by atoms with Crippen LogP contribution in [0.2, 0.25) is 5.02 Å². The lowest BCUT2D eigenvalue weighted by Gasteiger charge is -2.14. The van der Waals surface area contributed by atoms with E-state index in [0.717, 1.165) is 23.4 Å². The van der Waals surface area contributed by atoms with Gasteiger partial charge in [-0.05, 0) is 24.1 Å². The van der Waals surface area contributed by atoms with Gasteiger partial charge in [-0.25, -0.2) is 4.39 Å². The summed E-state index contributed by atoms with van der Waals surface area (Å²) < 4.78 is 20.2. The maximum atomic E-state index is 13.4. The van der Waals surface area contributed by atoms with E-state index in [1.807, 2.05) is 14.0 Å². The zero-order valence-corrected chi connectivity index (χ0v) is 13.1. The zero-order valence-electron chi connectivity index (χ0n) is 12.4. The molecule has 1 heterocycles.